The number of hydrogen-bond acceptors (Lipinski definition) is 3. The molecule has 3 heteroatoms. The summed E-state index contributed by atoms with van der Waals surface area (Å²) in [6.07, 6.45) is 1.17. The molecule has 0 aliphatic carbocycles. The van der Waals surface area contributed by atoms with Crippen LogP contribution in [-0.4, -0.2) is 49.8 Å². The molecule has 0 aromatic carbocycles. The summed E-state index contributed by atoms with van der Waals surface area (Å²) in [4.78, 5) is 2.67. The van der Waals surface area contributed by atoms with Crippen molar-refractivity contribution in [2.45, 2.75) is 32.7 Å². The molecule has 2 aliphatic rings. The van der Waals surface area contributed by atoms with E-state index in [4.69, 9.17) is 4.74 Å². The van der Waals surface area contributed by atoms with Crippen LogP contribution in [-0.2, 0) is 4.74 Å². The van der Waals surface area contributed by atoms with Crippen LogP contribution in [0.1, 0.15) is 27.2 Å². The van der Waals surface area contributed by atoms with Crippen molar-refractivity contribution in [3.8, 4) is 0 Å². The minimum Gasteiger partial charge on any atom is -0.382 e. The van der Waals surface area contributed by atoms with E-state index in [2.05, 4.69) is 31.0 Å². The summed E-state index contributed by atoms with van der Waals surface area (Å²) >= 11 is 0. The minimum atomic E-state index is 0.375. The largest absolute Gasteiger partial charge is 0.382 e. The third-order valence-electron chi connectivity index (χ3n) is 4.44. The van der Waals surface area contributed by atoms with Gasteiger partial charge in [-0.25, -0.2) is 0 Å². The van der Waals surface area contributed by atoms with E-state index >= 15 is 0 Å². The Labute approximate surface area is 99.5 Å². The van der Waals surface area contributed by atoms with Crippen molar-refractivity contribution >= 4 is 0 Å². The fourth-order valence-corrected chi connectivity index (χ4v) is 3.39. The predicted octanol–water partition coefficient (Wildman–Crippen LogP) is 1.34. The third-order valence-corrected chi connectivity index (χ3v) is 4.44. The molecule has 0 aromatic heterocycles. The Morgan fingerprint density at radius 1 is 1.38 bits per heavy atom. The summed E-state index contributed by atoms with van der Waals surface area (Å²) < 4.78 is 5.42. The standard InChI is InChI=1S/C13H26N2O/c1-4-16-7-5-6-15-10-11-8-14-9-12(11)13(15,2)3/h11-12,14H,4-10H2,1-3H3. The Balaban J connectivity index is 1.82. The summed E-state index contributed by atoms with van der Waals surface area (Å²) in [6.45, 7) is 13.5. The fraction of sp³-hybridized carbons (Fsp3) is 1.00. The van der Waals surface area contributed by atoms with Crippen molar-refractivity contribution in [1.29, 1.82) is 0 Å². The Hall–Kier alpha value is -0.120. The molecule has 16 heavy (non-hydrogen) atoms. The van der Waals surface area contributed by atoms with Gasteiger partial charge in [0.05, 0.1) is 0 Å². The van der Waals surface area contributed by atoms with Gasteiger partial charge in [0.25, 0.3) is 0 Å². The molecule has 1 N–H and O–H groups in total. The molecule has 2 atom stereocenters. The van der Waals surface area contributed by atoms with Crippen molar-refractivity contribution < 1.29 is 4.74 Å². The molecule has 2 fully saturated rings. The van der Waals surface area contributed by atoms with Crippen LogP contribution in [0.4, 0.5) is 0 Å². The Morgan fingerprint density at radius 3 is 2.88 bits per heavy atom. The fourth-order valence-electron chi connectivity index (χ4n) is 3.39. The normalized spacial score (nSPS) is 33.2. The van der Waals surface area contributed by atoms with Crippen molar-refractivity contribution in [2.75, 3.05) is 39.4 Å². The smallest absolute Gasteiger partial charge is 0.0478 e. The molecule has 0 radical (unpaired) electrons. The van der Waals surface area contributed by atoms with Gasteiger partial charge in [-0.2, -0.15) is 0 Å². The monoisotopic (exact) mass is 226 g/mol. The van der Waals surface area contributed by atoms with Crippen molar-refractivity contribution in [3.63, 3.8) is 0 Å². The number of hydrogen-bond donors (Lipinski definition) is 1. The van der Waals surface area contributed by atoms with Crippen LogP contribution in [0.3, 0.4) is 0 Å². The van der Waals surface area contributed by atoms with Gasteiger partial charge >= 0.3 is 0 Å². The quantitative estimate of drug-likeness (QED) is 0.716. The predicted molar refractivity (Wildman–Crippen MR) is 66.6 cm³/mol. The van der Waals surface area contributed by atoms with Crippen LogP contribution in [0.5, 0.6) is 0 Å². The highest BCUT2D eigenvalue weighted by molar-refractivity contribution is 5.04. The number of likely N-dealkylation sites (tertiary alicyclic amines) is 1. The number of rotatable bonds is 5. The molecular formula is C13H26N2O. The molecule has 0 spiro atoms. The van der Waals surface area contributed by atoms with E-state index in [-0.39, 0.29) is 0 Å². The van der Waals surface area contributed by atoms with Gasteiger partial charge in [-0.3, -0.25) is 4.90 Å². The molecule has 2 aliphatic heterocycles. The van der Waals surface area contributed by atoms with Gasteiger partial charge in [-0.15, -0.1) is 0 Å². The number of nitrogens with one attached hydrogen (secondary N) is 1. The molecule has 0 saturated carbocycles. The SMILES string of the molecule is CCOCCCN1CC2CNCC2C1(C)C. The number of fused-ring (bicyclic) bond motifs is 1. The lowest BCUT2D eigenvalue weighted by Crippen LogP contribution is -2.45. The Bertz CT molecular complexity index is 230. The first-order valence-corrected chi connectivity index (χ1v) is 6.69. The lowest BCUT2D eigenvalue weighted by Gasteiger charge is -2.35. The van der Waals surface area contributed by atoms with Gasteiger partial charge in [0, 0.05) is 38.4 Å². The van der Waals surface area contributed by atoms with E-state index in [1.165, 1.54) is 32.6 Å². The van der Waals surface area contributed by atoms with Crippen molar-refractivity contribution in [1.82, 2.24) is 10.2 Å². The van der Waals surface area contributed by atoms with Crippen molar-refractivity contribution in [2.24, 2.45) is 11.8 Å². The van der Waals surface area contributed by atoms with Crippen LogP contribution in [0, 0.1) is 11.8 Å². The molecule has 94 valence electrons. The second kappa shape index (κ2) is 5.03. The lowest BCUT2D eigenvalue weighted by atomic mass is 9.85. The molecule has 0 amide bonds. The van der Waals surface area contributed by atoms with Crippen molar-refractivity contribution in [3.05, 3.63) is 0 Å². The Morgan fingerprint density at radius 2 is 2.19 bits per heavy atom. The van der Waals surface area contributed by atoms with Crippen LogP contribution in [0.25, 0.3) is 0 Å². The highest BCUT2D eigenvalue weighted by Gasteiger charge is 2.48. The second-order valence-corrected chi connectivity index (χ2v) is 5.67. The van der Waals surface area contributed by atoms with Gasteiger partial charge in [-0.1, -0.05) is 0 Å². The van der Waals surface area contributed by atoms with E-state index in [0.717, 1.165) is 25.0 Å². The third kappa shape index (κ3) is 2.27. The van der Waals surface area contributed by atoms with E-state index in [0.29, 0.717) is 5.54 Å². The zero-order valence-electron chi connectivity index (χ0n) is 11.0. The average molecular weight is 226 g/mol. The molecule has 2 rings (SSSR count). The maximum absolute atomic E-state index is 5.42. The van der Waals surface area contributed by atoms with Crippen LogP contribution < -0.4 is 5.32 Å². The maximum Gasteiger partial charge on any atom is 0.0478 e. The molecule has 2 saturated heterocycles. The molecule has 0 bridgehead atoms. The topological polar surface area (TPSA) is 24.5 Å². The molecule has 0 aromatic rings. The summed E-state index contributed by atoms with van der Waals surface area (Å²) in [7, 11) is 0. The highest BCUT2D eigenvalue weighted by Crippen LogP contribution is 2.40. The first-order valence-electron chi connectivity index (χ1n) is 6.69. The number of ether oxygens (including phenoxy) is 1. The summed E-state index contributed by atoms with van der Waals surface area (Å²) in [5.74, 6) is 1.72. The zero-order valence-corrected chi connectivity index (χ0v) is 11.0. The van der Waals surface area contributed by atoms with E-state index < -0.39 is 0 Å². The van der Waals surface area contributed by atoms with Gasteiger partial charge in [0.2, 0.25) is 0 Å². The van der Waals surface area contributed by atoms with Gasteiger partial charge in [0.15, 0.2) is 0 Å². The zero-order chi connectivity index (χ0) is 11.6. The van der Waals surface area contributed by atoms with Gasteiger partial charge < -0.3 is 10.1 Å². The first-order chi connectivity index (χ1) is 7.66. The summed E-state index contributed by atoms with van der Waals surface area (Å²) in [5.41, 5.74) is 0.375. The second-order valence-electron chi connectivity index (χ2n) is 5.67. The number of nitrogens with zero attached hydrogens (tertiary/aromatic N) is 1. The molecule has 2 unspecified atom stereocenters. The summed E-state index contributed by atoms with van der Waals surface area (Å²) in [5, 5.41) is 3.53. The maximum atomic E-state index is 5.42. The minimum absolute atomic E-state index is 0.375. The van der Waals surface area contributed by atoms with Gasteiger partial charge in [-0.05, 0) is 45.6 Å². The molecule has 3 nitrogen and oxygen atoms in total. The molecular weight excluding hydrogens is 200 g/mol. The van der Waals surface area contributed by atoms with E-state index in [1.54, 1.807) is 0 Å². The van der Waals surface area contributed by atoms with E-state index in [9.17, 15) is 0 Å². The highest BCUT2D eigenvalue weighted by atomic mass is 16.5. The first kappa shape index (κ1) is 12.3. The molecule has 2 heterocycles. The van der Waals surface area contributed by atoms with Gasteiger partial charge in [0.1, 0.15) is 0 Å². The van der Waals surface area contributed by atoms with Crippen LogP contribution in [0.2, 0.25) is 0 Å². The lowest BCUT2D eigenvalue weighted by molar-refractivity contribution is 0.102. The average Bonchev–Trinajstić information content (AvgIpc) is 2.78. The van der Waals surface area contributed by atoms with E-state index in [1.807, 2.05) is 0 Å². The van der Waals surface area contributed by atoms with Crippen LogP contribution >= 0.6 is 0 Å². The van der Waals surface area contributed by atoms with Crippen LogP contribution in [0.15, 0.2) is 0 Å². The Kier molecular flexibility index (Phi) is 3.88. The summed E-state index contributed by atoms with van der Waals surface area (Å²) in [6, 6.07) is 0.